The van der Waals surface area contributed by atoms with E-state index in [1.165, 1.54) is 48.8 Å². The predicted octanol–water partition coefficient (Wildman–Crippen LogP) is 9.13. The summed E-state index contributed by atoms with van der Waals surface area (Å²) in [5.74, 6) is 0.597. The summed E-state index contributed by atoms with van der Waals surface area (Å²) in [5.41, 5.74) is 5.90. The maximum atomic E-state index is 4.44. The monoisotopic (exact) mass is 606 g/mol. The molecule has 0 fully saturated rings. The summed E-state index contributed by atoms with van der Waals surface area (Å²) in [6, 6.07) is 49.3. The fourth-order valence-electron chi connectivity index (χ4n) is 6.84. The summed E-state index contributed by atoms with van der Waals surface area (Å²) < 4.78 is 0. The van der Waals surface area contributed by atoms with Crippen molar-refractivity contribution in [3.63, 3.8) is 0 Å². The molecule has 3 atom stereocenters. The van der Waals surface area contributed by atoms with Crippen molar-refractivity contribution in [3.8, 4) is 0 Å². The Hall–Kier alpha value is -3.82. The molecule has 2 unspecified atom stereocenters. The van der Waals surface area contributed by atoms with Gasteiger partial charge in [-0.1, -0.05) is 164 Å². The van der Waals surface area contributed by atoms with E-state index in [1.807, 2.05) is 0 Å². The lowest BCUT2D eigenvalue weighted by molar-refractivity contribution is 0.531. The van der Waals surface area contributed by atoms with Gasteiger partial charge in [0, 0.05) is 11.6 Å². The average molecular weight is 607 g/mol. The third-order valence-corrected chi connectivity index (χ3v) is 14.5. The highest BCUT2D eigenvalue weighted by molar-refractivity contribution is 7.80. The van der Waals surface area contributed by atoms with Crippen molar-refractivity contribution in [1.82, 2.24) is 0 Å². The molecule has 2 heteroatoms. The predicted molar refractivity (Wildman–Crippen MR) is 198 cm³/mol. The molecule has 0 spiro atoms. The van der Waals surface area contributed by atoms with Gasteiger partial charge in [0.05, 0.1) is 0 Å². The molecule has 0 aromatic heterocycles. The number of allylic oxidation sites excluding steroid dienone is 3. The van der Waals surface area contributed by atoms with Gasteiger partial charge in [-0.2, -0.15) is 0 Å². The van der Waals surface area contributed by atoms with Gasteiger partial charge in [0.25, 0.3) is 0 Å². The minimum atomic E-state index is -0.836. The number of rotatable bonds is 9. The molecule has 0 nitrogen and oxygen atoms in total. The van der Waals surface area contributed by atoms with Gasteiger partial charge in [0.15, 0.2) is 0 Å². The van der Waals surface area contributed by atoms with Crippen LogP contribution in [0.5, 0.6) is 0 Å². The van der Waals surface area contributed by atoms with Crippen LogP contribution in [0.25, 0.3) is 6.08 Å². The van der Waals surface area contributed by atoms with E-state index in [0.717, 1.165) is 6.42 Å². The van der Waals surface area contributed by atoms with Gasteiger partial charge in [-0.3, -0.25) is 0 Å². The van der Waals surface area contributed by atoms with E-state index in [-0.39, 0.29) is 5.92 Å². The topological polar surface area (TPSA) is 0 Å². The van der Waals surface area contributed by atoms with Gasteiger partial charge >= 0.3 is 0 Å². The lowest BCUT2D eigenvalue weighted by Crippen LogP contribution is -2.38. The van der Waals surface area contributed by atoms with Crippen LogP contribution in [0.3, 0.4) is 0 Å². The van der Waals surface area contributed by atoms with Crippen LogP contribution in [0.15, 0.2) is 164 Å². The average Bonchev–Trinajstić information content (AvgIpc) is 3.08. The second kappa shape index (κ2) is 13.9. The summed E-state index contributed by atoms with van der Waals surface area (Å²) in [6.07, 6.45) is 7.84. The Morgan fingerprint density at radius 3 is 1.55 bits per heavy atom. The molecule has 0 saturated heterocycles. The Labute approximate surface area is 266 Å². The van der Waals surface area contributed by atoms with Crippen LogP contribution in [0.4, 0.5) is 0 Å². The zero-order chi connectivity index (χ0) is 30.5. The third-order valence-electron chi connectivity index (χ3n) is 8.90. The molecule has 0 N–H and O–H groups in total. The first-order valence-corrected chi connectivity index (χ1v) is 18.2. The summed E-state index contributed by atoms with van der Waals surface area (Å²) in [7, 11) is -1.54. The lowest BCUT2D eigenvalue weighted by Gasteiger charge is -2.44. The van der Waals surface area contributed by atoms with Crippen LogP contribution in [-0.4, -0.2) is 5.66 Å². The van der Waals surface area contributed by atoms with E-state index in [0.29, 0.717) is 11.6 Å². The highest BCUT2D eigenvalue weighted by atomic mass is 31.1. The molecule has 5 aromatic rings. The van der Waals surface area contributed by atoms with Crippen LogP contribution in [0.2, 0.25) is 0 Å². The Bertz CT molecular complexity index is 1660. The van der Waals surface area contributed by atoms with Gasteiger partial charge in [-0.25, -0.2) is 0 Å². The summed E-state index contributed by atoms with van der Waals surface area (Å²) in [4.78, 5) is 0. The van der Waals surface area contributed by atoms with Gasteiger partial charge in [0.1, 0.15) is 0 Å². The van der Waals surface area contributed by atoms with Gasteiger partial charge in [-0.15, -0.1) is 6.58 Å². The van der Waals surface area contributed by atoms with E-state index >= 15 is 0 Å². The molecule has 0 radical (unpaired) electrons. The van der Waals surface area contributed by atoms with Crippen molar-refractivity contribution in [3.05, 3.63) is 181 Å². The largest absolute Gasteiger partial charge is 0.103 e. The summed E-state index contributed by atoms with van der Waals surface area (Å²) >= 11 is 0. The van der Waals surface area contributed by atoms with E-state index in [2.05, 4.69) is 179 Å². The van der Waals surface area contributed by atoms with Crippen molar-refractivity contribution in [2.75, 3.05) is 0 Å². The molecule has 6 rings (SSSR count). The third kappa shape index (κ3) is 5.95. The molecular formula is C42H40P2. The molecule has 0 amide bonds. The smallest absolute Gasteiger partial charge is 0.0134 e. The molecule has 5 aromatic carbocycles. The fraction of sp³-hybridized carbons (Fsp3) is 0.143. The second-order valence-electron chi connectivity index (χ2n) is 11.5. The molecule has 1 aliphatic rings. The Morgan fingerprint density at radius 1 is 0.614 bits per heavy atom. The van der Waals surface area contributed by atoms with Crippen LogP contribution < -0.4 is 26.5 Å². The Morgan fingerprint density at radius 2 is 1.09 bits per heavy atom. The van der Waals surface area contributed by atoms with Gasteiger partial charge in [-0.05, 0) is 85.2 Å². The van der Waals surface area contributed by atoms with Crippen molar-refractivity contribution in [2.45, 2.75) is 31.8 Å². The van der Waals surface area contributed by atoms with Crippen molar-refractivity contribution < 1.29 is 0 Å². The Kier molecular flexibility index (Phi) is 9.52. The zero-order valence-electron chi connectivity index (χ0n) is 25.7. The highest BCUT2D eigenvalue weighted by Gasteiger charge is 2.42. The molecule has 0 heterocycles. The van der Waals surface area contributed by atoms with Crippen molar-refractivity contribution >= 4 is 48.4 Å². The van der Waals surface area contributed by atoms with Gasteiger partial charge < -0.3 is 0 Å². The van der Waals surface area contributed by atoms with Crippen LogP contribution in [0.1, 0.15) is 36.0 Å². The molecule has 0 saturated carbocycles. The zero-order valence-corrected chi connectivity index (χ0v) is 27.5. The number of hydrogen-bond donors (Lipinski definition) is 0. The van der Waals surface area contributed by atoms with E-state index < -0.39 is 15.8 Å². The van der Waals surface area contributed by atoms with E-state index in [9.17, 15) is 0 Å². The van der Waals surface area contributed by atoms with E-state index in [1.54, 1.807) is 0 Å². The van der Waals surface area contributed by atoms with Crippen LogP contribution in [0, 0.1) is 12.8 Å². The molecule has 44 heavy (non-hydrogen) atoms. The standard InChI is InChI=1S/C42H40P2/c1-5-33-29-27-31(3)39(41(33)43(35-19-11-7-12-20-35)36-21-13-8-14-22-36)40-32(4)28-30-34(6-2)42(40)44(37-23-15-9-16-24-37)38-25-17-10-18-26-38/h5-29,34,40,42H,1-2,30H2,3-4H3/t34?,40?,42-/m1/s1. The molecule has 218 valence electrons. The van der Waals surface area contributed by atoms with Gasteiger partial charge in [0.2, 0.25) is 0 Å². The molecule has 0 aliphatic heterocycles. The second-order valence-corrected chi connectivity index (χ2v) is 16.1. The number of aryl methyl sites for hydroxylation is 1. The van der Waals surface area contributed by atoms with Crippen molar-refractivity contribution in [2.24, 2.45) is 5.92 Å². The minimum Gasteiger partial charge on any atom is -0.103 e. The molecule has 1 aliphatic carbocycles. The van der Waals surface area contributed by atoms with Crippen LogP contribution >= 0.6 is 15.8 Å². The van der Waals surface area contributed by atoms with Crippen molar-refractivity contribution in [1.29, 1.82) is 0 Å². The first-order chi connectivity index (χ1) is 21.6. The first-order valence-electron chi connectivity index (χ1n) is 15.5. The SMILES string of the molecule is C=Cc1ccc(C)c(C2C(C)=CCC(C=C)[C@H]2P(c2ccccc2)c2ccccc2)c1P(c1ccccc1)c1ccccc1. The lowest BCUT2D eigenvalue weighted by atomic mass is 9.75. The molecular weight excluding hydrogens is 566 g/mol. The maximum absolute atomic E-state index is 4.44. The normalized spacial score (nSPS) is 18.2. The summed E-state index contributed by atoms with van der Waals surface area (Å²) in [5, 5.41) is 7.03. The number of hydrogen-bond acceptors (Lipinski definition) is 0. The quantitative estimate of drug-likeness (QED) is 0.116. The minimum absolute atomic E-state index is 0.241. The Balaban J connectivity index is 1.67. The van der Waals surface area contributed by atoms with Crippen LogP contribution in [-0.2, 0) is 0 Å². The first kappa shape index (κ1) is 30.2. The summed E-state index contributed by atoms with van der Waals surface area (Å²) in [6.45, 7) is 13.5. The maximum Gasteiger partial charge on any atom is 0.0134 e. The molecule has 0 bridgehead atoms. The fourth-order valence-corrected chi connectivity index (χ4v) is 12.9. The highest BCUT2D eigenvalue weighted by Crippen LogP contribution is 2.56. The number of benzene rings is 5. The van der Waals surface area contributed by atoms with E-state index in [4.69, 9.17) is 0 Å².